The van der Waals surface area contributed by atoms with E-state index in [1.807, 2.05) is 0 Å². The Labute approximate surface area is 149 Å². The molecule has 0 aliphatic carbocycles. The second-order valence-electron chi connectivity index (χ2n) is 7.07. The van der Waals surface area contributed by atoms with Crippen LogP contribution < -0.4 is 15.1 Å². The molecule has 2 saturated heterocycles. The molecular formula is C19H26N6. The summed E-state index contributed by atoms with van der Waals surface area (Å²) in [5.41, 5.74) is 3.57. The Morgan fingerprint density at radius 2 is 1.32 bits per heavy atom. The van der Waals surface area contributed by atoms with E-state index in [-0.39, 0.29) is 0 Å². The summed E-state index contributed by atoms with van der Waals surface area (Å²) in [5.74, 6) is 2.25. The van der Waals surface area contributed by atoms with Crippen molar-refractivity contribution in [2.24, 2.45) is 0 Å². The summed E-state index contributed by atoms with van der Waals surface area (Å²) in [6.45, 7) is 8.39. The molecule has 2 fully saturated rings. The van der Waals surface area contributed by atoms with Crippen molar-refractivity contribution in [3.63, 3.8) is 0 Å². The minimum absolute atomic E-state index is 0.641. The Morgan fingerprint density at radius 3 is 1.84 bits per heavy atom. The van der Waals surface area contributed by atoms with Gasteiger partial charge in [-0.1, -0.05) is 6.07 Å². The van der Waals surface area contributed by atoms with Crippen LogP contribution in [0.5, 0.6) is 0 Å². The van der Waals surface area contributed by atoms with Crippen LogP contribution in [0.3, 0.4) is 0 Å². The van der Waals surface area contributed by atoms with Gasteiger partial charge in [0.1, 0.15) is 0 Å². The fourth-order valence-corrected chi connectivity index (χ4v) is 3.48. The molecule has 0 spiro atoms. The molecule has 2 aliphatic heterocycles. The number of aryl methyl sites for hydroxylation is 2. The maximum atomic E-state index is 4.76. The van der Waals surface area contributed by atoms with Crippen LogP contribution in [-0.4, -0.2) is 41.1 Å². The number of rotatable bonds is 4. The smallest absolute Gasteiger partial charge is 0.233 e. The first kappa shape index (κ1) is 16.1. The van der Waals surface area contributed by atoms with E-state index in [0.29, 0.717) is 5.95 Å². The zero-order chi connectivity index (χ0) is 17.2. The number of nitrogens with zero attached hydrogens (tertiary/aromatic N) is 5. The van der Waals surface area contributed by atoms with E-state index in [9.17, 15) is 0 Å². The minimum atomic E-state index is 0.641. The average molecular weight is 338 g/mol. The van der Waals surface area contributed by atoms with Crippen molar-refractivity contribution < 1.29 is 0 Å². The Balaban J connectivity index is 1.65. The van der Waals surface area contributed by atoms with Crippen molar-refractivity contribution in [2.75, 3.05) is 41.3 Å². The van der Waals surface area contributed by atoms with Crippen molar-refractivity contribution in [1.82, 2.24) is 15.0 Å². The second-order valence-corrected chi connectivity index (χ2v) is 7.07. The monoisotopic (exact) mass is 338 g/mol. The van der Waals surface area contributed by atoms with Gasteiger partial charge in [0.25, 0.3) is 0 Å². The highest BCUT2D eigenvalue weighted by Gasteiger charge is 2.21. The molecule has 3 heterocycles. The van der Waals surface area contributed by atoms with Gasteiger partial charge in [-0.05, 0) is 62.8 Å². The molecule has 4 rings (SSSR count). The topological polar surface area (TPSA) is 57.2 Å². The lowest BCUT2D eigenvalue weighted by Gasteiger charge is -2.21. The third kappa shape index (κ3) is 3.52. The van der Waals surface area contributed by atoms with Gasteiger partial charge in [-0.25, -0.2) is 0 Å². The first-order valence-electron chi connectivity index (χ1n) is 9.29. The Kier molecular flexibility index (Phi) is 4.42. The van der Waals surface area contributed by atoms with Crippen LogP contribution in [0.1, 0.15) is 36.8 Å². The summed E-state index contributed by atoms with van der Waals surface area (Å²) in [6.07, 6.45) is 4.85. The van der Waals surface area contributed by atoms with Crippen molar-refractivity contribution in [3.05, 3.63) is 29.3 Å². The highest BCUT2D eigenvalue weighted by molar-refractivity contribution is 5.58. The van der Waals surface area contributed by atoms with Gasteiger partial charge in [-0.3, -0.25) is 0 Å². The molecule has 6 nitrogen and oxygen atoms in total. The molecule has 0 atom stereocenters. The largest absolute Gasteiger partial charge is 0.341 e. The molecule has 0 radical (unpaired) electrons. The lowest BCUT2D eigenvalue weighted by molar-refractivity contribution is 0.841. The van der Waals surface area contributed by atoms with Crippen LogP contribution in [0.15, 0.2) is 18.2 Å². The van der Waals surface area contributed by atoms with Gasteiger partial charge in [0.2, 0.25) is 17.8 Å². The SMILES string of the molecule is Cc1ccc(Nc2nc(N3CCCC3)nc(N3CCCC3)n2)cc1C. The molecule has 1 aromatic carbocycles. The van der Waals surface area contributed by atoms with E-state index in [1.165, 1.54) is 36.8 Å². The predicted octanol–water partition coefficient (Wildman–Crippen LogP) is 3.43. The highest BCUT2D eigenvalue weighted by atomic mass is 15.4. The maximum absolute atomic E-state index is 4.76. The Hall–Kier alpha value is -2.37. The summed E-state index contributed by atoms with van der Waals surface area (Å²) in [4.78, 5) is 18.7. The zero-order valence-electron chi connectivity index (χ0n) is 15.1. The molecule has 25 heavy (non-hydrogen) atoms. The number of benzene rings is 1. The van der Waals surface area contributed by atoms with E-state index in [0.717, 1.165) is 43.8 Å². The molecule has 0 saturated carbocycles. The van der Waals surface area contributed by atoms with E-state index in [4.69, 9.17) is 15.0 Å². The van der Waals surface area contributed by atoms with Crippen LogP contribution in [0, 0.1) is 13.8 Å². The molecule has 2 aromatic rings. The van der Waals surface area contributed by atoms with Crippen LogP contribution in [0.4, 0.5) is 23.5 Å². The molecule has 1 aromatic heterocycles. The average Bonchev–Trinajstić information content (AvgIpc) is 3.31. The summed E-state index contributed by atoms with van der Waals surface area (Å²) in [7, 11) is 0. The molecule has 0 amide bonds. The second kappa shape index (κ2) is 6.86. The summed E-state index contributed by atoms with van der Waals surface area (Å²) < 4.78 is 0. The Bertz CT molecular complexity index is 713. The van der Waals surface area contributed by atoms with Crippen LogP contribution in [0.25, 0.3) is 0 Å². The fraction of sp³-hybridized carbons (Fsp3) is 0.526. The van der Waals surface area contributed by atoms with E-state index < -0.39 is 0 Å². The number of aromatic nitrogens is 3. The summed E-state index contributed by atoms with van der Waals surface area (Å²) >= 11 is 0. The molecule has 0 unspecified atom stereocenters. The van der Waals surface area contributed by atoms with Gasteiger partial charge in [-0.15, -0.1) is 0 Å². The van der Waals surface area contributed by atoms with Crippen molar-refractivity contribution >= 4 is 23.5 Å². The van der Waals surface area contributed by atoms with Gasteiger partial charge in [-0.2, -0.15) is 15.0 Å². The lowest BCUT2D eigenvalue weighted by Crippen LogP contribution is -2.25. The van der Waals surface area contributed by atoms with E-state index in [2.05, 4.69) is 47.2 Å². The normalized spacial score (nSPS) is 17.4. The molecule has 2 aliphatic rings. The maximum Gasteiger partial charge on any atom is 0.233 e. The standard InChI is InChI=1S/C19H26N6/c1-14-7-8-16(13-15(14)2)20-17-21-18(24-9-3-4-10-24)23-19(22-17)25-11-5-6-12-25/h7-8,13H,3-6,9-12H2,1-2H3,(H,20,21,22,23). The van der Waals surface area contributed by atoms with Crippen LogP contribution in [0.2, 0.25) is 0 Å². The lowest BCUT2D eigenvalue weighted by atomic mass is 10.1. The predicted molar refractivity (Wildman–Crippen MR) is 102 cm³/mol. The van der Waals surface area contributed by atoms with Crippen molar-refractivity contribution in [1.29, 1.82) is 0 Å². The van der Waals surface area contributed by atoms with Crippen LogP contribution in [-0.2, 0) is 0 Å². The molecule has 0 bridgehead atoms. The van der Waals surface area contributed by atoms with E-state index >= 15 is 0 Å². The fourth-order valence-electron chi connectivity index (χ4n) is 3.48. The first-order valence-corrected chi connectivity index (χ1v) is 9.29. The third-order valence-electron chi connectivity index (χ3n) is 5.15. The third-order valence-corrected chi connectivity index (χ3v) is 5.15. The van der Waals surface area contributed by atoms with Gasteiger partial charge < -0.3 is 15.1 Å². The van der Waals surface area contributed by atoms with Gasteiger partial charge in [0, 0.05) is 31.9 Å². The minimum Gasteiger partial charge on any atom is -0.341 e. The van der Waals surface area contributed by atoms with Crippen molar-refractivity contribution in [2.45, 2.75) is 39.5 Å². The summed E-state index contributed by atoms with van der Waals surface area (Å²) in [5, 5.41) is 3.38. The van der Waals surface area contributed by atoms with Gasteiger partial charge in [0.15, 0.2) is 0 Å². The number of hydrogen-bond donors (Lipinski definition) is 1. The highest BCUT2D eigenvalue weighted by Crippen LogP contribution is 2.24. The van der Waals surface area contributed by atoms with Gasteiger partial charge in [0.05, 0.1) is 0 Å². The van der Waals surface area contributed by atoms with Crippen molar-refractivity contribution in [3.8, 4) is 0 Å². The number of hydrogen-bond acceptors (Lipinski definition) is 6. The van der Waals surface area contributed by atoms with E-state index in [1.54, 1.807) is 0 Å². The van der Waals surface area contributed by atoms with Crippen LogP contribution >= 0.6 is 0 Å². The quantitative estimate of drug-likeness (QED) is 0.922. The molecule has 132 valence electrons. The summed E-state index contributed by atoms with van der Waals surface area (Å²) in [6, 6.07) is 6.35. The number of nitrogens with one attached hydrogen (secondary N) is 1. The molecule has 1 N–H and O–H groups in total. The number of anilines is 4. The zero-order valence-corrected chi connectivity index (χ0v) is 15.1. The Morgan fingerprint density at radius 1 is 0.760 bits per heavy atom. The molecular weight excluding hydrogens is 312 g/mol. The van der Waals surface area contributed by atoms with Gasteiger partial charge >= 0.3 is 0 Å². The molecule has 6 heteroatoms. The first-order chi connectivity index (χ1) is 12.2.